The van der Waals surface area contributed by atoms with Crippen molar-refractivity contribution in [1.82, 2.24) is 14.9 Å². The van der Waals surface area contributed by atoms with Gasteiger partial charge in [-0.3, -0.25) is 0 Å². The molecule has 37 heavy (non-hydrogen) atoms. The molecule has 0 unspecified atom stereocenters. The van der Waals surface area contributed by atoms with Crippen LogP contribution >= 0.6 is 11.8 Å². The van der Waals surface area contributed by atoms with E-state index < -0.39 is 0 Å². The Morgan fingerprint density at radius 1 is 1.19 bits per heavy atom. The second-order valence-corrected chi connectivity index (χ2v) is 10.8. The average molecular weight is 511 g/mol. The molecule has 3 aromatic rings. The van der Waals surface area contributed by atoms with Crippen molar-refractivity contribution in [3.05, 3.63) is 75.8 Å². The van der Waals surface area contributed by atoms with Crippen LogP contribution < -0.4 is 10.1 Å². The van der Waals surface area contributed by atoms with Gasteiger partial charge in [-0.15, -0.1) is 11.8 Å². The smallest absolute Gasteiger partial charge is 0.238 e. The molecule has 5 rings (SSSR count). The van der Waals surface area contributed by atoms with Crippen LogP contribution in [0.3, 0.4) is 0 Å². The molecule has 0 radical (unpaired) electrons. The Bertz CT molecular complexity index is 1360. The highest BCUT2D eigenvalue weighted by Crippen LogP contribution is 2.40. The molecule has 1 aromatic heterocycles. The number of hydrogen-bond acceptors (Lipinski definition) is 7. The summed E-state index contributed by atoms with van der Waals surface area (Å²) in [7, 11) is 0. The summed E-state index contributed by atoms with van der Waals surface area (Å²) in [5.74, 6) is 3.00. The molecule has 0 bridgehead atoms. The van der Waals surface area contributed by atoms with Crippen molar-refractivity contribution in [3.63, 3.8) is 0 Å². The SMILES string of the molecule is [C-]#[N+]c1ccccc1CN1CCC(Nc2nc3c(c(Oc4c(C)cc(C#N)cc4C)n2)SCCC3)CC1. The van der Waals surface area contributed by atoms with E-state index in [2.05, 4.69) is 27.2 Å². The topological polar surface area (TPSA) is 78.4 Å². The first-order chi connectivity index (χ1) is 18.0. The van der Waals surface area contributed by atoms with Crippen molar-refractivity contribution in [2.75, 3.05) is 24.2 Å². The average Bonchev–Trinajstić information content (AvgIpc) is 2.92. The Morgan fingerprint density at radius 3 is 2.68 bits per heavy atom. The van der Waals surface area contributed by atoms with Gasteiger partial charge in [0.05, 0.1) is 28.8 Å². The summed E-state index contributed by atoms with van der Waals surface area (Å²) in [4.78, 5) is 16.8. The van der Waals surface area contributed by atoms with Gasteiger partial charge in [-0.1, -0.05) is 24.3 Å². The van der Waals surface area contributed by atoms with E-state index >= 15 is 0 Å². The van der Waals surface area contributed by atoms with E-state index in [1.54, 1.807) is 11.8 Å². The molecule has 8 heteroatoms. The van der Waals surface area contributed by atoms with E-state index in [1.807, 2.05) is 44.2 Å². The largest absolute Gasteiger partial charge is 0.437 e. The molecule has 2 aliphatic heterocycles. The fourth-order valence-corrected chi connectivity index (χ4v) is 6.04. The molecule has 0 aliphatic carbocycles. The summed E-state index contributed by atoms with van der Waals surface area (Å²) in [5, 5.41) is 12.9. The van der Waals surface area contributed by atoms with Crippen LogP contribution in [0, 0.1) is 31.8 Å². The standard InChI is InChI=1S/C29H30N6OS/c1-19-15-21(17-30)16-20(2)26(19)36-28-27-25(9-6-14-37-27)33-29(34-28)32-23-10-12-35(13-11-23)18-22-7-4-5-8-24(22)31-3/h4-5,7-8,15-16,23H,6,9-14,18H2,1-2H3,(H,32,33,34). The van der Waals surface area contributed by atoms with Crippen molar-refractivity contribution in [2.45, 2.75) is 57.0 Å². The monoisotopic (exact) mass is 510 g/mol. The lowest BCUT2D eigenvalue weighted by Crippen LogP contribution is -2.39. The van der Waals surface area contributed by atoms with Crippen LogP contribution in [0.1, 0.15) is 47.2 Å². The Labute approximate surface area is 222 Å². The number of aryl methyl sites for hydroxylation is 3. The molecule has 1 N–H and O–H groups in total. The van der Waals surface area contributed by atoms with Gasteiger partial charge in [0, 0.05) is 25.7 Å². The van der Waals surface area contributed by atoms with E-state index in [-0.39, 0.29) is 6.04 Å². The number of aromatic nitrogens is 2. The van der Waals surface area contributed by atoms with E-state index in [0.29, 0.717) is 17.4 Å². The number of nitriles is 1. The molecule has 0 spiro atoms. The van der Waals surface area contributed by atoms with Crippen LogP contribution in [0.4, 0.5) is 11.6 Å². The van der Waals surface area contributed by atoms with Crippen molar-refractivity contribution in [2.24, 2.45) is 0 Å². The molecule has 1 saturated heterocycles. The van der Waals surface area contributed by atoms with Crippen molar-refractivity contribution in [1.29, 1.82) is 5.26 Å². The quantitative estimate of drug-likeness (QED) is 0.383. The minimum Gasteiger partial charge on any atom is -0.437 e. The number of nitrogens with one attached hydrogen (secondary N) is 1. The van der Waals surface area contributed by atoms with E-state index in [1.165, 1.54) is 0 Å². The van der Waals surface area contributed by atoms with Gasteiger partial charge < -0.3 is 15.0 Å². The number of para-hydroxylation sites is 1. The summed E-state index contributed by atoms with van der Waals surface area (Å²) in [6.45, 7) is 14.1. The molecule has 1 fully saturated rings. The third-order valence-electron chi connectivity index (χ3n) is 6.92. The number of benzene rings is 2. The van der Waals surface area contributed by atoms with Gasteiger partial charge in [-0.05, 0) is 74.1 Å². The van der Waals surface area contributed by atoms with Crippen LogP contribution in [0.5, 0.6) is 11.6 Å². The maximum atomic E-state index is 9.29. The van der Waals surface area contributed by atoms with E-state index in [0.717, 1.165) is 89.8 Å². The highest BCUT2D eigenvalue weighted by molar-refractivity contribution is 7.99. The van der Waals surface area contributed by atoms with Crippen LogP contribution in [0.15, 0.2) is 41.3 Å². The minimum absolute atomic E-state index is 0.285. The molecule has 2 aliphatic rings. The zero-order valence-electron chi connectivity index (χ0n) is 21.3. The summed E-state index contributed by atoms with van der Waals surface area (Å²) in [6.07, 6.45) is 3.98. The predicted molar refractivity (Wildman–Crippen MR) is 146 cm³/mol. The highest BCUT2D eigenvalue weighted by Gasteiger charge is 2.24. The van der Waals surface area contributed by atoms with Gasteiger partial charge >= 0.3 is 0 Å². The first-order valence-electron chi connectivity index (χ1n) is 12.7. The number of rotatable bonds is 6. The summed E-state index contributed by atoms with van der Waals surface area (Å²) < 4.78 is 6.42. The molecule has 3 heterocycles. The van der Waals surface area contributed by atoms with Crippen LogP contribution in [0.2, 0.25) is 0 Å². The van der Waals surface area contributed by atoms with Gasteiger partial charge in [0.1, 0.15) is 5.75 Å². The number of anilines is 1. The molecule has 2 aromatic carbocycles. The fraction of sp³-hybridized carbons (Fsp3) is 0.379. The molecule has 7 nitrogen and oxygen atoms in total. The number of fused-ring (bicyclic) bond motifs is 1. The summed E-state index contributed by atoms with van der Waals surface area (Å²) in [6, 6.07) is 14.1. The third-order valence-corrected chi connectivity index (χ3v) is 8.12. The minimum atomic E-state index is 0.285. The third kappa shape index (κ3) is 5.72. The maximum Gasteiger partial charge on any atom is 0.238 e. The van der Waals surface area contributed by atoms with Crippen LogP contribution in [0.25, 0.3) is 4.85 Å². The number of ether oxygens (including phenoxy) is 1. The lowest BCUT2D eigenvalue weighted by molar-refractivity contribution is 0.211. The molecule has 188 valence electrons. The number of likely N-dealkylation sites (tertiary alicyclic amines) is 1. The van der Waals surface area contributed by atoms with Crippen molar-refractivity contribution in [3.8, 4) is 17.7 Å². The first kappa shape index (κ1) is 25.1. The first-order valence-corrected chi connectivity index (χ1v) is 13.7. The Balaban J connectivity index is 1.30. The molecule has 0 atom stereocenters. The lowest BCUT2D eigenvalue weighted by atomic mass is 10.0. The molecular weight excluding hydrogens is 480 g/mol. The predicted octanol–water partition coefficient (Wildman–Crippen LogP) is 6.42. The summed E-state index contributed by atoms with van der Waals surface area (Å²) in [5.41, 5.74) is 5.35. The second-order valence-electron chi connectivity index (χ2n) is 9.67. The zero-order valence-corrected chi connectivity index (χ0v) is 22.1. The molecule has 0 saturated carbocycles. The van der Waals surface area contributed by atoms with Gasteiger partial charge in [0.2, 0.25) is 11.8 Å². The zero-order chi connectivity index (χ0) is 25.8. The van der Waals surface area contributed by atoms with Gasteiger partial charge in [-0.25, -0.2) is 9.83 Å². The number of nitrogens with zero attached hydrogens (tertiary/aromatic N) is 5. The highest BCUT2D eigenvalue weighted by atomic mass is 32.2. The molecule has 0 amide bonds. The van der Waals surface area contributed by atoms with Gasteiger partial charge in [-0.2, -0.15) is 10.2 Å². The van der Waals surface area contributed by atoms with Crippen LogP contribution in [-0.2, 0) is 13.0 Å². The number of piperidine rings is 1. The normalized spacial score (nSPS) is 15.9. The van der Waals surface area contributed by atoms with Gasteiger partial charge in [0.25, 0.3) is 0 Å². The van der Waals surface area contributed by atoms with Crippen molar-refractivity contribution < 1.29 is 4.74 Å². The Kier molecular flexibility index (Phi) is 7.60. The molecular formula is C29H30N6OS. The Hall–Kier alpha value is -3.59. The van der Waals surface area contributed by atoms with Crippen LogP contribution in [-0.4, -0.2) is 39.8 Å². The van der Waals surface area contributed by atoms with Crippen molar-refractivity contribution >= 4 is 23.4 Å². The number of hydrogen-bond donors (Lipinski definition) is 1. The summed E-state index contributed by atoms with van der Waals surface area (Å²) >= 11 is 1.76. The Morgan fingerprint density at radius 2 is 1.95 bits per heavy atom. The maximum absolute atomic E-state index is 9.29. The second kappa shape index (κ2) is 11.2. The number of thioether (sulfide) groups is 1. The fourth-order valence-electron chi connectivity index (χ4n) is 5.02. The van der Waals surface area contributed by atoms with E-state index in [9.17, 15) is 5.26 Å². The van der Waals surface area contributed by atoms with Gasteiger partial charge in [0.15, 0.2) is 5.69 Å². The lowest BCUT2D eigenvalue weighted by Gasteiger charge is -2.32. The van der Waals surface area contributed by atoms with E-state index in [4.69, 9.17) is 21.3 Å².